The maximum atomic E-state index is 9.94. The van der Waals surface area contributed by atoms with Gasteiger partial charge in [0.05, 0.1) is 25.9 Å². The Morgan fingerprint density at radius 1 is 1.58 bits per heavy atom. The molecule has 0 aliphatic heterocycles. The molecule has 0 aromatic carbocycles. The van der Waals surface area contributed by atoms with Crippen LogP contribution in [0.15, 0.2) is 29.5 Å². The second kappa shape index (κ2) is 10.1. The molecule has 4 nitrogen and oxygen atoms in total. The van der Waals surface area contributed by atoms with Gasteiger partial charge in [0.15, 0.2) is 0 Å². The Bertz CT molecular complexity index is 329. The molecule has 1 aromatic heterocycles. The average Bonchev–Trinajstić information content (AvgIpc) is 2.89. The number of aliphatic hydroxyl groups is 1. The van der Waals surface area contributed by atoms with E-state index in [4.69, 9.17) is 9.47 Å². The first-order valence-electron chi connectivity index (χ1n) is 6.35. The van der Waals surface area contributed by atoms with Crippen LogP contribution < -0.4 is 0 Å². The first-order valence-corrected chi connectivity index (χ1v) is 7.29. The molecular formula is C14H23NO3S. The molecule has 1 N–H and O–H groups in total. The Morgan fingerprint density at radius 3 is 3.05 bits per heavy atom. The van der Waals surface area contributed by atoms with Gasteiger partial charge in [-0.1, -0.05) is 6.08 Å². The fourth-order valence-electron chi connectivity index (χ4n) is 1.73. The van der Waals surface area contributed by atoms with Gasteiger partial charge in [-0.25, -0.2) is 0 Å². The molecule has 0 saturated heterocycles. The van der Waals surface area contributed by atoms with Crippen molar-refractivity contribution >= 4 is 11.3 Å². The molecule has 1 atom stereocenters. The number of rotatable bonds is 11. The van der Waals surface area contributed by atoms with Crippen LogP contribution in [0.2, 0.25) is 0 Å². The zero-order valence-electron chi connectivity index (χ0n) is 11.5. The summed E-state index contributed by atoms with van der Waals surface area (Å²) in [6, 6.07) is 2.10. The Labute approximate surface area is 119 Å². The van der Waals surface area contributed by atoms with Crippen molar-refractivity contribution in [1.82, 2.24) is 4.90 Å². The van der Waals surface area contributed by atoms with E-state index in [2.05, 4.69) is 28.3 Å². The van der Waals surface area contributed by atoms with E-state index in [9.17, 15) is 5.11 Å². The van der Waals surface area contributed by atoms with Gasteiger partial charge in [0, 0.05) is 26.7 Å². The van der Waals surface area contributed by atoms with Gasteiger partial charge in [-0.3, -0.25) is 4.90 Å². The highest BCUT2D eigenvalue weighted by atomic mass is 32.1. The van der Waals surface area contributed by atoms with Crippen LogP contribution in [-0.4, -0.2) is 56.1 Å². The monoisotopic (exact) mass is 285 g/mol. The minimum absolute atomic E-state index is 0.332. The van der Waals surface area contributed by atoms with Crippen molar-refractivity contribution in [2.45, 2.75) is 12.6 Å². The third-order valence-electron chi connectivity index (χ3n) is 2.61. The van der Waals surface area contributed by atoms with Crippen molar-refractivity contribution in [2.75, 3.05) is 40.0 Å². The SMILES string of the molecule is C=CCOC[C@H](O)CN(CCOC)Cc1ccsc1. The highest BCUT2D eigenvalue weighted by Crippen LogP contribution is 2.10. The Hall–Kier alpha value is -0.720. The zero-order valence-corrected chi connectivity index (χ0v) is 12.3. The van der Waals surface area contributed by atoms with Gasteiger partial charge >= 0.3 is 0 Å². The van der Waals surface area contributed by atoms with Crippen LogP contribution >= 0.6 is 11.3 Å². The molecule has 0 amide bonds. The zero-order chi connectivity index (χ0) is 13.9. The van der Waals surface area contributed by atoms with Crippen molar-refractivity contribution in [1.29, 1.82) is 0 Å². The molecule has 0 unspecified atom stereocenters. The summed E-state index contributed by atoms with van der Waals surface area (Å²) < 4.78 is 10.4. The Balaban J connectivity index is 2.37. The van der Waals surface area contributed by atoms with Gasteiger partial charge in [-0.2, -0.15) is 11.3 Å². The molecule has 0 fully saturated rings. The van der Waals surface area contributed by atoms with Gasteiger partial charge in [-0.15, -0.1) is 6.58 Å². The summed E-state index contributed by atoms with van der Waals surface area (Å²) >= 11 is 1.68. The lowest BCUT2D eigenvalue weighted by atomic mass is 10.2. The summed E-state index contributed by atoms with van der Waals surface area (Å²) in [5.74, 6) is 0. The molecule has 108 valence electrons. The fraction of sp³-hybridized carbons (Fsp3) is 0.571. The van der Waals surface area contributed by atoms with Crippen molar-refractivity contribution in [2.24, 2.45) is 0 Å². The summed E-state index contributed by atoms with van der Waals surface area (Å²) in [6.07, 6.45) is 1.19. The molecule has 1 aromatic rings. The van der Waals surface area contributed by atoms with Crippen molar-refractivity contribution in [3.05, 3.63) is 35.0 Å². The van der Waals surface area contributed by atoms with Gasteiger partial charge in [-0.05, 0) is 22.4 Å². The van der Waals surface area contributed by atoms with E-state index < -0.39 is 6.10 Å². The number of hydrogen-bond donors (Lipinski definition) is 1. The maximum Gasteiger partial charge on any atom is 0.0900 e. The molecule has 1 heterocycles. The van der Waals surface area contributed by atoms with Gasteiger partial charge < -0.3 is 14.6 Å². The normalized spacial score (nSPS) is 12.8. The predicted molar refractivity (Wildman–Crippen MR) is 78.5 cm³/mol. The molecule has 0 aliphatic rings. The van der Waals surface area contributed by atoms with E-state index in [1.165, 1.54) is 5.56 Å². The predicted octanol–water partition coefficient (Wildman–Crippen LogP) is 1.76. The third-order valence-corrected chi connectivity index (χ3v) is 3.34. The topological polar surface area (TPSA) is 41.9 Å². The van der Waals surface area contributed by atoms with E-state index >= 15 is 0 Å². The highest BCUT2D eigenvalue weighted by molar-refractivity contribution is 7.07. The summed E-state index contributed by atoms with van der Waals surface area (Å²) in [6.45, 7) is 7.24. The van der Waals surface area contributed by atoms with Crippen LogP contribution in [0, 0.1) is 0 Å². The lowest BCUT2D eigenvalue weighted by molar-refractivity contribution is 0.0194. The average molecular weight is 285 g/mol. The first-order chi connectivity index (χ1) is 9.26. The van der Waals surface area contributed by atoms with Gasteiger partial charge in [0.1, 0.15) is 0 Å². The van der Waals surface area contributed by atoms with E-state index in [0.29, 0.717) is 26.4 Å². The molecule has 0 aliphatic carbocycles. The second-order valence-electron chi connectivity index (χ2n) is 4.34. The van der Waals surface area contributed by atoms with Crippen LogP contribution in [0.5, 0.6) is 0 Å². The standard InChI is InChI=1S/C14H23NO3S/c1-3-6-18-11-14(16)10-15(5-7-17-2)9-13-4-8-19-12-13/h3-4,8,12,14,16H,1,5-7,9-11H2,2H3/t14-/m1/s1. The number of aliphatic hydroxyl groups excluding tert-OH is 1. The van der Waals surface area contributed by atoms with Crippen LogP contribution in [0.4, 0.5) is 0 Å². The van der Waals surface area contributed by atoms with E-state index in [1.54, 1.807) is 24.5 Å². The Morgan fingerprint density at radius 2 is 2.42 bits per heavy atom. The smallest absolute Gasteiger partial charge is 0.0900 e. The molecule has 5 heteroatoms. The molecule has 0 saturated carbocycles. The molecular weight excluding hydrogens is 262 g/mol. The van der Waals surface area contributed by atoms with Crippen molar-refractivity contribution < 1.29 is 14.6 Å². The van der Waals surface area contributed by atoms with Crippen LogP contribution in [0.3, 0.4) is 0 Å². The minimum atomic E-state index is -0.490. The summed E-state index contributed by atoms with van der Waals surface area (Å²) in [4.78, 5) is 2.17. The Kier molecular flexibility index (Phi) is 8.69. The minimum Gasteiger partial charge on any atom is -0.389 e. The number of thiophene rings is 1. The van der Waals surface area contributed by atoms with Gasteiger partial charge in [0.25, 0.3) is 0 Å². The molecule has 0 radical (unpaired) electrons. The van der Waals surface area contributed by atoms with Crippen LogP contribution in [0.25, 0.3) is 0 Å². The van der Waals surface area contributed by atoms with Crippen LogP contribution in [-0.2, 0) is 16.0 Å². The fourth-order valence-corrected chi connectivity index (χ4v) is 2.39. The first kappa shape index (κ1) is 16.3. The summed E-state index contributed by atoms with van der Waals surface area (Å²) in [7, 11) is 1.69. The highest BCUT2D eigenvalue weighted by Gasteiger charge is 2.12. The lowest BCUT2D eigenvalue weighted by Gasteiger charge is -2.24. The van der Waals surface area contributed by atoms with Gasteiger partial charge in [0.2, 0.25) is 0 Å². The second-order valence-corrected chi connectivity index (χ2v) is 5.12. The molecule has 0 spiro atoms. The van der Waals surface area contributed by atoms with E-state index in [-0.39, 0.29) is 0 Å². The molecule has 19 heavy (non-hydrogen) atoms. The number of nitrogens with zero attached hydrogens (tertiary/aromatic N) is 1. The largest absolute Gasteiger partial charge is 0.389 e. The maximum absolute atomic E-state index is 9.94. The number of ether oxygens (including phenoxy) is 2. The molecule has 1 rings (SSSR count). The number of methoxy groups -OCH3 is 1. The lowest BCUT2D eigenvalue weighted by Crippen LogP contribution is -2.36. The summed E-state index contributed by atoms with van der Waals surface area (Å²) in [5, 5.41) is 14.1. The summed E-state index contributed by atoms with van der Waals surface area (Å²) in [5.41, 5.74) is 1.26. The number of hydrogen-bond acceptors (Lipinski definition) is 5. The van der Waals surface area contributed by atoms with E-state index in [1.807, 2.05) is 0 Å². The quantitative estimate of drug-likeness (QED) is 0.497. The van der Waals surface area contributed by atoms with E-state index in [0.717, 1.165) is 13.1 Å². The third kappa shape index (κ3) is 7.44. The molecule has 0 bridgehead atoms. The van der Waals surface area contributed by atoms with Crippen molar-refractivity contribution in [3.63, 3.8) is 0 Å². The van der Waals surface area contributed by atoms with Crippen molar-refractivity contribution in [3.8, 4) is 0 Å². The van der Waals surface area contributed by atoms with Crippen LogP contribution in [0.1, 0.15) is 5.56 Å².